The minimum atomic E-state index is -0.682. The maximum Gasteiger partial charge on any atom is 0.256 e. The molecule has 1 fully saturated rings. The second-order valence-electron chi connectivity index (χ2n) is 10.1. The topological polar surface area (TPSA) is 78.5 Å². The largest absolute Gasteiger partial charge is 0.348 e. The van der Waals surface area contributed by atoms with Gasteiger partial charge in [-0.25, -0.2) is 0 Å². The first-order chi connectivity index (χ1) is 16.1. The molecule has 2 heterocycles. The lowest BCUT2D eigenvalue weighted by Gasteiger charge is -2.31. The van der Waals surface area contributed by atoms with Gasteiger partial charge in [0.25, 0.3) is 5.91 Å². The van der Waals surface area contributed by atoms with Gasteiger partial charge >= 0.3 is 0 Å². The van der Waals surface area contributed by atoms with E-state index in [0.717, 1.165) is 11.1 Å². The van der Waals surface area contributed by atoms with Crippen LogP contribution in [0, 0.1) is 5.92 Å². The van der Waals surface area contributed by atoms with E-state index in [1.807, 2.05) is 89.2 Å². The molecule has 180 valence electrons. The van der Waals surface area contributed by atoms with Gasteiger partial charge in [-0.05, 0) is 50.3 Å². The monoisotopic (exact) mass is 479 g/mol. The smallest absolute Gasteiger partial charge is 0.256 e. The van der Waals surface area contributed by atoms with Crippen LogP contribution in [-0.2, 0) is 9.59 Å². The van der Waals surface area contributed by atoms with Crippen molar-refractivity contribution in [2.75, 3.05) is 0 Å². The van der Waals surface area contributed by atoms with E-state index in [2.05, 4.69) is 10.6 Å². The van der Waals surface area contributed by atoms with E-state index >= 15 is 0 Å². The van der Waals surface area contributed by atoms with Crippen molar-refractivity contribution in [1.82, 2.24) is 15.5 Å². The van der Waals surface area contributed by atoms with Crippen molar-refractivity contribution in [3.8, 4) is 0 Å². The summed E-state index contributed by atoms with van der Waals surface area (Å²) in [5.41, 5.74) is 2.61. The lowest BCUT2D eigenvalue weighted by molar-refractivity contribution is -0.132. The number of nitrogens with zero attached hydrogens (tertiary/aromatic N) is 1. The predicted molar refractivity (Wildman–Crippen MR) is 135 cm³/mol. The molecule has 3 amide bonds. The highest BCUT2D eigenvalue weighted by Gasteiger charge is 2.57. The minimum absolute atomic E-state index is 0.124. The molecule has 0 radical (unpaired) electrons. The normalized spacial score (nSPS) is 22.2. The third kappa shape index (κ3) is 4.58. The van der Waals surface area contributed by atoms with E-state index in [-0.39, 0.29) is 35.1 Å². The zero-order valence-corrected chi connectivity index (χ0v) is 21.2. The van der Waals surface area contributed by atoms with Crippen molar-refractivity contribution < 1.29 is 14.4 Å². The Balaban J connectivity index is 1.53. The van der Waals surface area contributed by atoms with Gasteiger partial charge < -0.3 is 15.5 Å². The molecule has 0 aromatic heterocycles. The van der Waals surface area contributed by atoms with Crippen LogP contribution in [0.2, 0.25) is 0 Å². The highest BCUT2D eigenvalue weighted by atomic mass is 32.2. The Hall–Kier alpha value is -2.80. The summed E-state index contributed by atoms with van der Waals surface area (Å²) in [5.74, 6) is -0.412. The first-order valence-corrected chi connectivity index (χ1v) is 12.7. The molecule has 2 aromatic rings. The summed E-state index contributed by atoms with van der Waals surface area (Å²) in [4.78, 5) is 41.8. The van der Waals surface area contributed by atoms with Crippen molar-refractivity contribution in [1.29, 1.82) is 0 Å². The van der Waals surface area contributed by atoms with Crippen LogP contribution in [0.15, 0.2) is 54.6 Å². The van der Waals surface area contributed by atoms with Crippen LogP contribution in [0.3, 0.4) is 0 Å². The second-order valence-corrected chi connectivity index (χ2v) is 11.8. The summed E-state index contributed by atoms with van der Waals surface area (Å²) < 4.78 is -0.492. The van der Waals surface area contributed by atoms with E-state index in [1.165, 1.54) is 0 Å². The molecule has 2 aliphatic rings. The first kappa shape index (κ1) is 24.3. The number of thioether (sulfide) groups is 1. The Bertz CT molecular complexity index is 1090. The Morgan fingerprint density at radius 2 is 1.65 bits per heavy atom. The highest BCUT2D eigenvalue weighted by Crippen LogP contribution is 2.56. The van der Waals surface area contributed by atoms with Gasteiger partial charge in [0.05, 0.1) is 6.04 Å². The van der Waals surface area contributed by atoms with Crippen LogP contribution in [0.25, 0.3) is 0 Å². The molecule has 2 aromatic carbocycles. The van der Waals surface area contributed by atoms with Gasteiger partial charge in [-0.15, -0.1) is 11.8 Å². The molecule has 1 saturated heterocycles. The Morgan fingerprint density at radius 1 is 1.00 bits per heavy atom. The number of carbonyl (C=O) groups excluding carboxylic acids is 3. The third-order valence-electron chi connectivity index (χ3n) is 6.54. The van der Waals surface area contributed by atoms with Crippen LogP contribution >= 0.6 is 11.8 Å². The molecular formula is C27H33N3O3S. The Kier molecular flexibility index (Phi) is 6.76. The predicted octanol–water partition coefficient (Wildman–Crippen LogP) is 4.44. The summed E-state index contributed by atoms with van der Waals surface area (Å²) in [6.45, 7) is 9.97. The van der Waals surface area contributed by atoms with Crippen molar-refractivity contribution in [2.24, 2.45) is 5.92 Å². The molecule has 6 nitrogen and oxygen atoms in total. The fraction of sp³-hybridized carbons (Fsp3) is 0.444. The molecule has 0 saturated carbocycles. The molecule has 0 unspecified atom stereocenters. The van der Waals surface area contributed by atoms with Gasteiger partial charge in [0.15, 0.2) is 0 Å². The Morgan fingerprint density at radius 3 is 2.32 bits per heavy atom. The van der Waals surface area contributed by atoms with E-state index in [4.69, 9.17) is 0 Å². The van der Waals surface area contributed by atoms with Crippen molar-refractivity contribution in [3.63, 3.8) is 0 Å². The fourth-order valence-electron chi connectivity index (χ4n) is 4.90. The fourth-order valence-corrected chi connectivity index (χ4v) is 6.49. The number of rotatable bonds is 7. The molecule has 0 spiro atoms. The van der Waals surface area contributed by atoms with Crippen LogP contribution in [0.4, 0.5) is 0 Å². The number of hydrogen-bond donors (Lipinski definition) is 2. The second kappa shape index (κ2) is 9.45. The Labute approximate surface area is 205 Å². The third-order valence-corrected chi connectivity index (χ3v) is 8.08. The lowest BCUT2D eigenvalue weighted by atomic mass is 9.98. The number of hydrogen-bond acceptors (Lipinski definition) is 4. The average Bonchev–Trinajstić information content (AvgIpc) is 3.22. The SMILES string of the molecule is CC(C)C[C@H](NC(=O)[C@H]1N2C(=O)c3ccccc3[C@H]2SC1(C)C)C(=O)N[C@@H](C)c1ccccc1. The van der Waals surface area contributed by atoms with E-state index < -0.39 is 16.8 Å². The minimum Gasteiger partial charge on any atom is -0.348 e. The molecule has 2 N–H and O–H groups in total. The van der Waals surface area contributed by atoms with Crippen LogP contribution < -0.4 is 10.6 Å². The van der Waals surface area contributed by atoms with E-state index in [1.54, 1.807) is 16.7 Å². The highest BCUT2D eigenvalue weighted by molar-refractivity contribution is 8.01. The summed E-state index contributed by atoms with van der Waals surface area (Å²) >= 11 is 1.62. The molecular weight excluding hydrogens is 446 g/mol. The molecule has 4 atom stereocenters. The zero-order chi connectivity index (χ0) is 24.6. The van der Waals surface area contributed by atoms with Gasteiger partial charge in [-0.2, -0.15) is 0 Å². The summed E-state index contributed by atoms with van der Waals surface area (Å²) in [5, 5.41) is 5.86. The quantitative estimate of drug-likeness (QED) is 0.615. The van der Waals surface area contributed by atoms with Crippen molar-refractivity contribution in [3.05, 3.63) is 71.3 Å². The molecule has 4 rings (SSSR count). The van der Waals surface area contributed by atoms with Crippen LogP contribution in [0.5, 0.6) is 0 Å². The number of benzene rings is 2. The summed E-state index contributed by atoms with van der Waals surface area (Å²) in [7, 11) is 0. The zero-order valence-electron chi connectivity index (χ0n) is 20.4. The van der Waals surface area contributed by atoms with Crippen molar-refractivity contribution >= 4 is 29.5 Å². The molecule has 0 bridgehead atoms. The van der Waals surface area contributed by atoms with Crippen LogP contribution in [-0.4, -0.2) is 39.5 Å². The number of nitrogens with one attached hydrogen (secondary N) is 2. The van der Waals surface area contributed by atoms with Crippen molar-refractivity contribution in [2.45, 2.75) is 69.3 Å². The molecule has 7 heteroatoms. The van der Waals surface area contributed by atoms with E-state index in [0.29, 0.717) is 12.0 Å². The molecule has 0 aliphatic carbocycles. The number of amides is 3. The van der Waals surface area contributed by atoms with Crippen LogP contribution in [0.1, 0.15) is 73.9 Å². The van der Waals surface area contributed by atoms with Gasteiger partial charge in [-0.3, -0.25) is 14.4 Å². The summed E-state index contributed by atoms with van der Waals surface area (Å²) in [6, 6.07) is 15.8. The standard InChI is InChI=1S/C27H33N3O3S/c1-16(2)15-21(23(31)28-17(3)18-11-7-6-8-12-18)29-24(32)22-27(4,5)34-26-20-14-10-9-13-19(20)25(33)30(22)26/h6-14,16-17,21-22,26H,15H2,1-5H3,(H,28,31)(H,29,32)/t17-,21-,22+,26+/m0/s1. The van der Waals surface area contributed by atoms with Gasteiger partial charge in [0.1, 0.15) is 17.5 Å². The average molecular weight is 480 g/mol. The number of carbonyl (C=O) groups is 3. The van der Waals surface area contributed by atoms with Gasteiger partial charge in [0.2, 0.25) is 11.8 Å². The molecule has 34 heavy (non-hydrogen) atoms. The first-order valence-electron chi connectivity index (χ1n) is 11.8. The maximum absolute atomic E-state index is 13.7. The summed E-state index contributed by atoms with van der Waals surface area (Å²) in [6.07, 6.45) is 0.511. The van der Waals surface area contributed by atoms with Gasteiger partial charge in [0, 0.05) is 10.3 Å². The maximum atomic E-state index is 13.7. The molecule has 2 aliphatic heterocycles. The number of fused-ring (bicyclic) bond motifs is 3. The van der Waals surface area contributed by atoms with E-state index in [9.17, 15) is 14.4 Å². The van der Waals surface area contributed by atoms with Gasteiger partial charge in [-0.1, -0.05) is 62.4 Å². The lowest BCUT2D eigenvalue weighted by Crippen LogP contribution is -2.57.